The van der Waals surface area contributed by atoms with Gasteiger partial charge in [0.15, 0.2) is 10.6 Å². The van der Waals surface area contributed by atoms with E-state index < -0.39 is 0 Å². The Balaban J connectivity index is 1.64. The van der Waals surface area contributed by atoms with Gasteiger partial charge in [0.25, 0.3) is 0 Å². The maximum Gasteiger partial charge on any atom is 0.222 e. The predicted molar refractivity (Wildman–Crippen MR) is 107 cm³/mol. The molecule has 0 radical (unpaired) electrons. The van der Waals surface area contributed by atoms with E-state index >= 15 is 0 Å². The molecule has 6 nitrogen and oxygen atoms in total. The highest BCUT2D eigenvalue weighted by Gasteiger charge is 2.11. The molecule has 0 unspecified atom stereocenters. The van der Waals surface area contributed by atoms with Gasteiger partial charge in [-0.05, 0) is 48.1 Å². The second kappa shape index (κ2) is 8.83. The van der Waals surface area contributed by atoms with Crippen LogP contribution in [0, 0.1) is 4.77 Å². The molecule has 2 N–H and O–H groups in total. The maximum absolute atomic E-state index is 12.2. The molecule has 0 aliphatic carbocycles. The lowest BCUT2D eigenvalue weighted by Crippen LogP contribution is -2.24. The summed E-state index contributed by atoms with van der Waals surface area (Å²) < 4.78 is 7.46. The third-order valence-electron chi connectivity index (χ3n) is 4.10. The molecular weight excluding hydrogens is 384 g/mol. The SMILES string of the molecule is COc1ccc(-c2n[nH]c(=S)n2CCC(=O)NCc2ccccc2Cl)cc1. The minimum atomic E-state index is -0.0845. The monoisotopic (exact) mass is 402 g/mol. The Bertz CT molecular complexity index is 982. The number of H-pyrrole nitrogens is 1. The number of hydrogen-bond donors (Lipinski definition) is 2. The number of benzene rings is 2. The number of nitrogens with one attached hydrogen (secondary N) is 2. The van der Waals surface area contributed by atoms with Crippen molar-refractivity contribution < 1.29 is 9.53 Å². The van der Waals surface area contributed by atoms with Crippen molar-refractivity contribution in [3.63, 3.8) is 0 Å². The molecule has 140 valence electrons. The Morgan fingerprint density at radius 3 is 2.70 bits per heavy atom. The van der Waals surface area contributed by atoms with Gasteiger partial charge in [-0.15, -0.1) is 0 Å². The molecule has 0 saturated carbocycles. The van der Waals surface area contributed by atoms with Crippen LogP contribution in [-0.4, -0.2) is 27.8 Å². The summed E-state index contributed by atoms with van der Waals surface area (Å²) in [6.45, 7) is 0.811. The minimum absolute atomic E-state index is 0.0845. The summed E-state index contributed by atoms with van der Waals surface area (Å²) in [5, 5.41) is 10.6. The predicted octanol–water partition coefficient (Wildman–Crippen LogP) is 3.98. The van der Waals surface area contributed by atoms with Crippen molar-refractivity contribution in [3.8, 4) is 17.1 Å². The van der Waals surface area contributed by atoms with Gasteiger partial charge in [0.1, 0.15) is 5.75 Å². The van der Waals surface area contributed by atoms with Crippen LogP contribution in [-0.2, 0) is 17.9 Å². The highest BCUT2D eigenvalue weighted by Crippen LogP contribution is 2.21. The number of amides is 1. The molecule has 1 heterocycles. The molecule has 0 saturated heterocycles. The third-order valence-corrected chi connectivity index (χ3v) is 4.78. The molecule has 0 aliphatic rings. The second-order valence-electron chi connectivity index (χ2n) is 5.85. The molecule has 3 rings (SSSR count). The van der Waals surface area contributed by atoms with Crippen LogP contribution in [0.25, 0.3) is 11.4 Å². The number of methoxy groups -OCH3 is 1. The van der Waals surface area contributed by atoms with Crippen LogP contribution in [0.3, 0.4) is 0 Å². The molecule has 3 aromatic rings. The quantitative estimate of drug-likeness (QED) is 0.586. The van der Waals surface area contributed by atoms with Gasteiger partial charge in [-0.3, -0.25) is 14.5 Å². The number of rotatable bonds is 7. The van der Waals surface area contributed by atoms with Crippen molar-refractivity contribution in [1.82, 2.24) is 20.1 Å². The summed E-state index contributed by atoms with van der Waals surface area (Å²) in [6, 6.07) is 14.9. The van der Waals surface area contributed by atoms with Gasteiger partial charge < -0.3 is 10.1 Å². The van der Waals surface area contributed by atoms with Crippen molar-refractivity contribution in [2.45, 2.75) is 19.5 Å². The van der Waals surface area contributed by atoms with E-state index in [9.17, 15) is 4.79 Å². The zero-order valence-corrected chi connectivity index (χ0v) is 16.3. The Morgan fingerprint density at radius 1 is 1.26 bits per heavy atom. The van der Waals surface area contributed by atoms with Gasteiger partial charge in [0.2, 0.25) is 5.91 Å². The number of nitrogens with zero attached hydrogens (tertiary/aromatic N) is 2. The smallest absolute Gasteiger partial charge is 0.222 e. The molecule has 0 spiro atoms. The van der Waals surface area contributed by atoms with Crippen LogP contribution in [0.1, 0.15) is 12.0 Å². The normalized spacial score (nSPS) is 10.6. The highest BCUT2D eigenvalue weighted by atomic mass is 35.5. The molecule has 0 bridgehead atoms. The van der Waals surface area contributed by atoms with Gasteiger partial charge in [0.05, 0.1) is 7.11 Å². The molecule has 0 aliphatic heterocycles. The van der Waals surface area contributed by atoms with Crippen LogP contribution in [0.4, 0.5) is 0 Å². The Hall–Kier alpha value is -2.64. The molecule has 27 heavy (non-hydrogen) atoms. The molecule has 0 atom stereocenters. The third kappa shape index (κ3) is 4.75. The molecule has 1 aromatic heterocycles. The van der Waals surface area contributed by atoms with E-state index in [1.54, 1.807) is 13.2 Å². The first-order chi connectivity index (χ1) is 13.1. The van der Waals surface area contributed by atoms with Gasteiger partial charge in [0, 0.05) is 30.1 Å². The van der Waals surface area contributed by atoms with Gasteiger partial charge >= 0.3 is 0 Å². The average molecular weight is 403 g/mol. The summed E-state index contributed by atoms with van der Waals surface area (Å²) in [7, 11) is 1.62. The molecular formula is C19H19ClN4O2S. The zero-order valence-electron chi connectivity index (χ0n) is 14.7. The Kier molecular flexibility index (Phi) is 6.26. The number of aromatic amines is 1. The number of carbonyl (C=O) groups excluding carboxylic acids is 1. The second-order valence-corrected chi connectivity index (χ2v) is 6.64. The highest BCUT2D eigenvalue weighted by molar-refractivity contribution is 7.71. The Labute approximate surface area is 167 Å². The molecule has 1 amide bonds. The first kappa shape index (κ1) is 19.1. The lowest BCUT2D eigenvalue weighted by Gasteiger charge is -2.09. The summed E-state index contributed by atoms with van der Waals surface area (Å²) >= 11 is 11.4. The van der Waals surface area contributed by atoms with E-state index in [0.29, 0.717) is 28.7 Å². The standard InChI is InChI=1S/C19H19ClN4O2S/c1-26-15-8-6-13(7-9-15)18-22-23-19(27)24(18)11-10-17(25)21-12-14-4-2-3-5-16(14)20/h2-9H,10-12H2,1H3,(H,21,25)(H,23,27). The summed E-state index contributed by atoms with van der Waals surface area (Å²) in [6.07, 6.45) is 0.279. The van der Waals surface area contributed by atoms with Crippen molar-refractivity contribution in [3.05, 3.63) is 63.9 Å². The van der Waals surface area contributed by atoms with Crippen molar-refractivity contribution >= 4 is 29.7 Å². The Morgan fingerprint density at radius 2 is 2.00 bits per heavy atom. The largest absolute Gasteiger partial charge is 0.497 e. The fraction of sp³-hybridized carbons (Fsp3) is 0.211. The van der Waals surface area contributed by atoms with Gasteiger partial charge in [-0.1, -0.05) is 29.8 Å². The topological polar surface area (TPSA) is 71.9 Å². The average Bonchev–Trinajstić information content (AvgIpc) is 3.06. The lowest BCUT2D eigenvalue weighted by atomic mass is 10.2. The van der Waals surface area contributed by atoms with Crippen LogP contribution in [0.5, 0.6) is 5.75 Å². The van der Waals surface area contributed by atoms with E-state index in [-0.39, 0.29) is 12.3 Å². The van der Waals surface area contributed by atoms with Crippen molar-refractivity contribution in [2.24, 2.45) is 0 Å². The van der Waals surface area contributed by atoms with Crippen molar-refractivity contribution in [1.29, 1.82) is 0 Å². The summed E-state index contributed by atoms with van der Waals surface area (Å²) in [5.74, 6) is 1.36. The van der Waals surface area contributed by atoms with E-state index in [0.717, 1.165) is 16.9 Å². The summed E-state index contributed by atoms with van der Waals surface area (Å²) in [5.41, 5.74) is 1.77. The van der Waals surface area contributed by atoms with Crippen LogP contribution in [0.15, 0.2) is 48.5 Å². The van der Waals surface area contributed by atoms with E-state index in [2.05, 4.69) is 15.5 Å². The lowest BCUT2D eigenvalue weighted by molar-refractivity contribution is -0.121. The van der Waals surface area contributed by atoms with E-state index in [4.69, 9.17) is 28.6 Å². The number of aromatic nitrogens is 3. The maximum atomic E-state index is 12.2. The number of ether oxygens (including phenoxy) is 1. The van der Waals surface area contributed by atoms with Gasteiger partial charge in [-0.2, -0.15) is 5.10 Å². The molecule has 0 fully saturated rings. The van der Waals surface area contributed by atoms with Gasteiger partial charge in [-0.25, -0.2) is 0 Å². The number of carbonyl (C=O) groups is 1. The minimum Gasteiger partial charge on any atom is -0.497 e. The molecule has 2 aromatic carbocycles. The fourth-order valence-electron chi connectivity index (χ4n) is 2.62. The first-order valence-electron chi connectivity index (χ1n) is 8.38. The number of hydrogen-bond acceptors (Lipinski definition) is 4. The fourth-order valence-corrected chi connectivity index (χ4v) is 3.05. The van der Waals surface area contributed by atoms with Crippen molar-refractivity contribution in [2.75, 3.05) is 7.11 Å². The van der Waals surface area contributed by atoms with E-state index in [1.165, 1.54) is 0 Å². The molecule has 8 heteroatoms. The zero-order chi connectivity index (χ0) is 19.2. The number of halogens is 1. The first-order valence-corrected chi connectivity index (χ1v) is 9.17. The van der Waals surface area contributed by atoms with Crippen LogP contribution >= 0.6 is 23.8 Å². The van der Waals surface area contributed by atoms with Crippen LogP contribution in [0.2, 0.25) is 5.02 Å². The van der Waals surface area contributed by atoms with E-state index in [1.807, 2.05) is 47.0 Å². The van der Waals surface area contributed by atoms with Crippen LogP contribution < -0.4 is 10.1 Å². The summed E-state index contributed by atoms with van der Waals surface area (Å²) in [4.78, 5) is 12.2.